The normalized spacial score (nSPS) is 22.0. The molecular weight excluding hydrogens is 338 g/mol. The quantitative estimate of drug-likeness (QED) is 0.828. The Morgan fingerprint density at radius 1 is 1.19 bits per heavy atom. The Bertz CT molecular complexity index is 913. The van der Waals surface area contributed by atoms with Crippen LogP contribution in [0, 0.1) is 0 Å². The molecule has 0 spiro atoms. The Balaban J connectivity index is 1.61. The zero-order valence-electron chi connectivity index (χ0n) is 16.2. The molecule has 0 N–H and O–H groups in total. The van der Waals surface area contributed by atoms with Gasteiger partial charge in [0, 0.05) is 24.8 Å². The van der Waals surface area contributed by atoms with E-state index in [0.29, 0.717) is 6.04 Å². The van der Waals surface area contributed by atoms with Crippen molar-refractivity contribution in [3.63, 3.8) is 0 Å². The van der Waals surface area contributed by atoms with E-state index in [-0.39, 0.29) is 6.10 Å². The molecule has 2 aromatic heterocycles. The van der Waals surface area contributed by atoms with E-state index in [1.54, 1.807) is 7.11 Å². The molecule has 2 aliphatic carbocycles. The van der Waals surface area contributed by atoms with Crippen molar-refractivity contribution < 1.29 is 4.74 Å². The molecule has 1 aliphatic heterocycles. The summed E-state index contributed by atoms with van der Waals surface area (Å²) in [7, 11) is 1.76. The molecule has 142 valence electrons. The van der Waals surface area contributed by atoms with Crippen molar-refractivity contribution in [3.05, 3.63) is 35.3 Å². The first kappa shape index (κ1) is 16.9. The van der Waals surface area contributed by atoms with Crippen molar-refractivity contribution in [3.8, 4) is 11.5 Å². The lowest BCUT2D eigenvalue weighted by Gasteiger charge is -2.21. The lowest BCUT2D eigenvalue weighted by molar-refractivity contribution is 0.143. The van der Waals surface area contributed by atoms with Crippen LogP contribution in [-0.2, 0) is 24.1 Å². The Morgan fingerprint density at radius 3 is 2.78 bits per heavy atom. The average Bonchev–Trinajstić information content (AvgIpc) is 3.44. The highest BCUT2D eigenvalue weighted by Gasteiger charge is 2.32. The molecular formula is C21H27N5O. The molecule has 5 rings (SSSR count). The lowest BCUT2D eigenvalue weighted by atomic mass is 10.0. The summed E-state index contributed by atoms with van der Waals surface area (Å²) in [5.41, 5.74) is 4.95. The standard InChI is InChI=1S/C21H27N5O/c1-3-18-17-11-12-25-20(14-7-6-10-16(13-14)27-2)22-23-21(25)19(17)26(24-18)15-8-4-5-9-15/h6-7,13,15-16H,3-5,8-12H2,1-2H3. The van der Waals surface area contributed by atoms with Crippen molar-refractivity contribution in [1.29, 1.82) is 0 Å². The maximum atomic E-state index is 5.53. The molecule has 3 aliphatic rings. The summed E-state index contributed by atoms with van der Waals surface area (Å²) < 4.78 is 10.1. The first-order valence-electron chi connectivity index (χ1n) is 10.3. The maximum absolute atomic E-state index is 5.53. The van der Waals surface area contributed by atoms with Gasteiger partial charge in [-0.2, -0.15) is 5.10 Å². The summed E-state index contributed by atoms with van der Waals surface area (Å²) in [5.74, 6) is 1.94. The number of hydrogen-bond acceptors (Lipinski definition) is 4. The van der Waals surface area contributed by atoms with Gasteiger partial charge in [-0.3, -0.25) is 4.68 Å². The van der Waals surface area contributed by atoms with E-state index in [2.05, 4.69) is 44.6 Å². The third kappa shape index (κ3) is 2.69. The number of methoxy groups -OCH3 is 1. The highest BCUT2D eigenvalue weighted by molar-refractivity contribution is 5.73. The Morgan fingerprint density at radius 2 is 2.00 bits per heavy atom. The third-order valence-corrected chi connectivity index (χ3v) is 6.24. The van der Waals surface area contributed by atoms with Crippen LogP contribution in [0.25, 0.3) is 17.1 Å². The summed E-state index contributed by atoms with van der Waals surface area (Å²) in [5, 5.41) is 14.3. The average molecular weight is 365 g/mol. The molecule has 1 atom stereocenters. The maximum Gasteiger partial charge on any atom is 0.182 e. The fourth-order valence-corrected chi connectivity index (χ4v) is 4.81. The van der Waals surface area contributed by atoms with Crippen LogP contribution in [0.3, 0.4) is 0 Å². The minimum absolute atomic E-state index is 0.118. The van der Waals surface area contributed by atoms with Gasteiger partial charge in [0.1, 0.15) is 5.69 Å². The van der Waals surface area contributed by atoms with Gasteiger partial charge in [-0.05, 0) is 38.2 Å². The minimum atomic E-state index is 0.118. The van der Waals surface area contributed by atoms with Gasteiger partial charge in [-0.25, -0.2) is 0 Å². The first-order chi connectivity index (χ1) is 13.3. The van der Waals surface area contributed by atoms with Crippen molar-refractivity contribution >= 4 is 5.57 Å². The largest absolute Gasteiger partial charge is 0.377 e. The van der Waals surface area contributed by atoms with Crippen LogP contribution in [0.2, 0.25) is 0 Å². The number of ether oxygens (including phenoxy) is 1. The number of aryl methyl sites for hydroxylation is 1. The van der Waals surface area contributed by atoms with Crippen LogP contribution in [-0.4, -0.2) is 37.8 Å². The molecule has 2 aromatic rings. The highest BCUT2D eigenvalue weighted by Crippen LogP contribution is 2.39. The molecule has 3 heterocycles. The molecule has 0 amide bonds. The van der Waals surface area contributed by atoms with Crippen LogP contribution in [0.1, 0.15) is 62.2 Å². The van der Waals surface area contributed by atoms with Crippen molar-refractivity contribution in [2.24, 2.45) is 0 Å². The second-order valence-corrected chi connectivity index (χ2v) is 7.79. The number of rotatable bonds is 4. The van der Waals surface area contributed by atoms with Gasteiger partial charge in [-0.1, -0.05) is 31.9 Å². The molecule has 0 saturated heterocycles. The van der Waals surface area contributed by atoms with Gasteiger partial charge >= 0.3 is 0 Å². The van der Waals surface area contributed by atoms with Crippen LogP contribution in [0.4, 0.5) is 0 Å². The monoisotopic (exact) mass is 365 g/mol. The summed E-state index contributed by atoms with van der Waals surface area (Å²) in [6.45, 7) is 3.12. The predicted octanol–water partition coefficient (Wildman–Crippen LogP) is 3.73. The highest BCUT2D eigenvalue weighted by atomic mass is 16.5. The molecule has 27 heavy (non-hydrogen) atoms. The molecule has 6 heteroatoms. The summed E-state index contributed by atoms with van der Waals surface area (Å²) in [6, 6.07) is 0.511. The summed E-state index contributed by atoms with van der Waals surface area (Å²) in [6.07, 6.45) is 14.5. The van der Waals surface area contributed by atoms with Crippen LogP contribution >= 0.6 is 0 Å². The van der Waals surface area contributed by atoms with E-state index in [1.807, 2.05) is 0 Å². The second-order valence-electron chi connectivity index (χ2n) is 7.79. The van der Waals surface area contributed by atoms with E-state index in [0.717, 1.165) is 43.0 Å². The fourth-order valence-electron chi connectivity index (χ4n) is 4.81. The Kier molecular flexibility index (Phi) is 4.23. The predicted molar refractivity (Wildman–Crippen MR) is 104 cm³/mol. The van der Waals surface area contributed by atoms with Gasteiger partial charge in [-0.15, -0.1) is 10.2 Å². The van der Waals surface area contributed by atoms with Gasteiger partial charge in [0.2, 0.25) is 0 Å². The molecule has 1 unspecified atom stereocenters. The van der Waals surface area contributed by atoms with Crippen molar-refractivity contribution in [2.75, 3.05) is 7.11 Å². The molecule has 1 saturated carbocycles. The van der Waals surface area contributed by atoms with E-state index < -0.39 is 0 Å². The zero-order valence-corrected chi connectivity index (χ0v) is 16.2. The third-order valence-electron chi connectivity index (χ3n) is 6.24. The Hall–Kier alpha value is -2.21. The van der Waals surface area contributed by atoms with E-state index in [1.165, 1.54) is 42.6 Å². The molecule has 0 bridgehead atoms. The zero-order chi connectivity index (χ0) is 18.4. The number of allylic oxidation sites excluding steroid dienone is 2. The van der Waals surface area contributed by atoms with Crippen LogP contribution < -0.4 is 0 Å². The van der Waals surface area contributed by atoms with Crippen LogP contribution in [0.15, 0.2) is 18.2 Å². The van der Waals surface area contributed by atoms with E-state index in [9.17, 15) is 0 Å². The smallest absolute Gasteiger partial charge is 0.182 e. The lowest BCUT2D eigenvalue weighted by Crippen LogP contribution is -2.18. The SMILES string of the molecule is CCc1nn(C2CCCC2)c2c1CCn1c(C3=CC(OC)CC=C3)nnc1-2. The molecule has 0 aromatic carbocycles. The van der Waals surface area contributed by atoms with Gasteiger partial charge in [0.05, 0.1) is 17.8 Å². The van der Waals surface area contributed by atoms with Crippen LogP contribution in [0.5, 0.6) is 0 Å². The number of aromatic nitrogens is 5. The van der Waals surface area contributed by atoms with E-state index >= 15 is 0 Å². The van der Waals surface area contributed by atoms with Crippen molar-refractivity contribution in [2.45, 2.75) is 70.6 Å². The molecule has 1 fully saturated rings. The van der Waals surface area contributed by atoms with Gasteiger partial charge < -0.3 is 9.30 Å². The minimum Gasteiger partial charge on any atom is -0.377 e. The molecule has 6 nitrogen and oxygen atoms in total. The summed E-state index contributed by atoms with van der Waals surface area (Å²) in [4.78, 5) is 0. The fraction of sp³-hybridized carbons (Fsp3) is 0.571. The number of hydrogen-bond donors (Lipinski definition) is 0. The van der Waals surface area contributed by atoms with Crippen molar-refractivity contribution in [1.82, 2.24) is 24.5 Å². The van der Waals surface area contributed by atoms with Gasteiger partial charge in [0.15, 0.2) is 11.6 Å². The molecule has 0 radical (unpaired) electrons. The number of nitrogens with zero attached hydrogens (tertiary/aromatic N) is 5. The topological polar surface area (TPSA) is 57.8 Å². The van der Waals surface area contributed by atoms with Gasteiger partial charge in [0.25, 0.3) is 0 Å². The first-order valence-corrected chi connectivity index (χ1v) is 10.3. The van der Waals surface area contributed by atoms with E-state index in [4.69, 9.17) is 9.84 Å². The Labute approximate surface area is 159 Å². The number of fused-ring (bicyclic) bond motifs is 3. The summed E-state index contributed by atoms with van der Waals surface area (Å²) >= 11 is 0. The second kappa shape index (κ2) is 6.75.